The largest absolute Gasteiger partial charge is 0.497 e. The van der Waals surface area contributed by atoms with Crippen LogP contribution < -0.4 is 14.8 Å². The number of benzene rings is 1. The van der Waals surface area contributed by atoms with Crippen LogP contribution in [0.2, 0.25) is 0 Å². The van der Waals surface area contributed by atoms with Crippen molar-refractivity contribution in [2.75, 3.05) is 19.5 Å². The molecule has 1 aromatic carbocycles. The molecular weight excluding hydrogens is 350 g/mol. The number of amides is 1. The number of pyridine rings is 1. The smallest absolute Gasteiger partial charge is 0.230 e. The van der Waals surface area contributed by atoms with Crippen LogP contribution >= 0.6 is 11.3 Å². The molecule has 0 spiro atoms. The van der Waals surface area contributed by atoms with Gasteiger partial charge in [-0.15, -0.1) is 11.3 Å². The Labute approximate surface area is 155 Å². The number of nitrogens with zero attached hydrogens (tertiary/aromatic N) is 2. The van der Waals surface area contributed by atoms with Gasteiger partial charge in [-0.2, -0.15) is 0 Å². The quantitative estimate of drug-likeness (QED) is 0.692. The van der Waals surface area contributed by atoms with Crippen LogP contribution in [-0.2, 0) is 17.6 Å². The van der Waals surface area contributed by atoms with E-state index in [1.165, 1.54) is 11.3 Å². The first kappa shape index (κ1) is 17.9. The third kappa shape index (κ3) is 4.58. The van der Waals surface area contributed by atoms with Crippen molar-refractivity contribution in [1.82, 2.24) is 9.97 Å². The number of carbonyl (C=O) groups excluding carboxylic acids is 1. The maximum Gasteiger partial charge on any atom is 0.230 e. The van der Waals surface area contributed by atoms with Crippen molar-refractivity contribution in [3.05, 3.63) is 64.4 Å². The molecule has 0 aliphatic rings. The predicted octanol–water partition coefficient (Wildman–Crippen LogP) is 3.33. The van der Waals surface area contributed by atoms with Crippen LogP contribution in [0.3, 0.4) is 0 Å². The lowest BCUT2D eigenvalue weighted by molar-refractivity contribution is -0.115. The van der Waals surface area contributed by atoms with Gasteiger partial charge in [-0.05, 0) is 24.3 Å². The molecule has 0 saturated carbocycles. The highest BCUT2D eigenvalue weighted by Crippen LogP contribution is 2.29. The molecule has 6 nitrogen and oxygen atoms in total. The van der Waals surface area contributed by atoms with E-state index in [1.54, 1.807) is 38.6 Å². The fourth-order valence-corrected chi connectivity index (χ4v) is 3.25. The summed E-state index contributed by atoms with van der Waals surface area (Å²) in [5.41, 5.74) is 2.26. The molecule has 2 heterocycles. The van der Waals surface area contributed by atoms with Crippen molar-refractivity contribution in [1.29, 1.82) is 0 Å². The summed E-state index contributed by atoms with van der Waals surface area (Å²) in [5.74, 6) is 1.06. The lowest BCUT2D eigenvalue weighted by Gasteiger charge is -2.11. The Hall–Kier alpha value is -2.93. The first-order valence-corrected chi connectivity index (χ1v) is 8.91. The van der Waals surface area contributed by atoms with Gasteiger partial charge in [0.25, 0.3) is 0 Å². The maximum absolute atomic E-state index is 12.4. The number of ether oxygens (including phenoxy) is 2. The van der Waals surface area contributed by atoms with E-state index in [1.807, 2.05) is 23.6 Å². The number of thiazole rings is 1. The second-order valence-electron chi connectivity index (χ2n) is 5.52. The van der Waals surface area contributed by atoms with Crippen LogP contribution in [0.4, 0.5) is 5.69 Å². The average Bonchev–Trinajstić information content (AvgIpc) is 3.09. The fraction of sp³-hybridized carbons (Fsp3) is 0.211. The van der Waals surface area contributed by atoms with Gasteiger partial charge in [0.1, 0.15) is 11.5 Å². The summed E-state index contributed by atoms with van der Waals surface area (Å²) in [6, 6.07) is 11.0. The Morgan fingerprint density at radius 1 is 1.15 bits per heavy atom. The normalized spacial score (nSPS) is 10.4. The zero-order valence-electron chi connectivity index (χ0n) is 14.6. The minimum Gasteiger partial charge on any atom is -0.497 e. The summed E-state index contributed by atoms with van der Waals surface area (Å²) in [6.45, 7) is 0. The lowest BCUT2D eigenvalue weighted by Crippen LogP contribution is -2.15. The first-order valence-electron chi connectivity index (χ1n) is 8.03. The molecular formula is C19H19N3O3S. The number of nitrogens with one attached hydrogen (secondary N) is 1. The van der Waals surface area contributed by atoms with E-state index in [0.717, 1.165) is 16.4 Å². The molecule has 1 amide bonds. The van der Waals surface area contributed by atoms with E-state index in [9.17, 15) is 4.79 Å². The van der Waals surface area contributed by atoms with E-state index < -0.39 is 0 Å². The molecule has 0 aliphatic carbocycles. The topological polar surface area (TPSA) is 73.3 Å². The highest BCUT2D eigenvalue weighted by molar-refractivity contribution is 7.09. The van der Waals surface area contributed by atoms with Crippen LogP contribution in [-0.4, -0.2) is 30.1 Å². The molecule has 1 N–H and O–H groups in total. The van der Waals surface area contributed by atoms with Gasteiger partial charge >= 0.3 is 0 Å². The monoisotopic (exact) mass is 369 g/mol. The number of methoxy groups -OCH3 is 2. The zero-order valence-corrected chi connectivity index (χ0v) is 15.4. The molecule has 0 aliphatic heterocycles. The molecule has 2 aromatic heterocycles. The molecule has 0 bridgehead atoms. The molecule has 0 atom stereocenters. The second-order valence-corrected chi connectivity index (χ2v) is 6.46. The number of hydrogen-bond acceptors (Lipinski definition) is 6. The third-order valence-electron chi connectivity index (χ3n) is 3.68. The Bertz CT molecular complexity index is 881. The highest BCUT2D eigenvalue weighted by atomic mass is 32.1. The van der Waals surface area contributed by atoms with Crippen molar-refractivity contribution in [3.8, 4) is 11.5 Å². The molecule has 0 fully saturated rings. The van der Waals surface area contributed by atoms with Gasteiger partial charge in [0.05, 0.1) is 37.0 Å². The summed E-state index contributed by atoms with van der Waals surface area (Å²) in [4.78, 5) is 21.2. The van der Waals surface area contributed by atoms with E-state index in [2.05, 4.69) is 15.3 Å². The van der Waals surface area contributed by atoms with Gasteiger partial charge in [-0.1, -0.05) is 6.07 Å². The third-order valence-corrected chi connectivity index (χ3v) is 4.58. The Morgan fingerprint density at radius 2 is 2.04 bits per heavy atom. The number of rotatable bonds is 7. The van der Waals surface area contributed by atoms with Crippen molar-refractivity contribution in [2.24, 2.45) is 0 Å². The molecule has 0 saturated heterocycles. The second kappa shape index (κ2) is 8.44. The van der Waals surface area contributed by atoms with E-state index in [-0.39, 0.29) is 12.3 Å². The zero-order chi connectivity index (χ0) is 18.4. The Morgan fingerprint density at radius 3 is 2.77 bits per heavy atom. The highest BCUT2D eigenvalue weighted by Gasteiger charge is 2.12. The number of anilines is 1. The van der Waals surface area contributed by atoms with Gasteiger partial charge in [0, 0.05) is 29.8 Å². The molecule has 3 rings (SSSR count). The molecule has 0 unspecified atom stereocenters. The number of carbonyl (C=O) groups is 1. The molecule has 26 heavy (non-hydrogen) atoms. The minimum atomic E-state index is -0.161. The van der Waals surface area contributed by atoms with E-state index in [4.69, 9.17) is 9.47 Å². The van der Waals surface area contributed by atoms with E-state index in [0.29, 0.717) is 23.6 Å². The summed E-state index contributed by atoms with van der Waals surface area (Å²) in [5, 5.41) is 5.69. The van der Waals surface area contributed by atoms with Crippen molar-refractivity contribution in [3.63, 3.8) is 0 Å². The van der Waals surface area contributed by atoms with Crippen LogP contribution in [0.5, 0.6) is 11.5 Å². The van der Waals surface area contributed by atoms with Crippen LogP contribution in [0.25, 0.3) is 0 Å². The van der Waals surface area contributed by atoms with Crippen LogP contribution in [0.15, 0.2) is 48.0 Å². The van der Waals surface area contributed by atoms with Gasteiger partial charge in [0.2, 0.25) is 5.91 Å². The summed E-state index contributed by atoms with van der Waals surface area (Å²) < 4.78 is 10.5. The SMILES string of the molecule is COc1ccc(OC)c(NC(=O)Cc2csc(Cc3ccccn3)n2)c1. The van der Waals surface area contributed by atoms with Crippen molar-refractivity contribution >= 4 is 22.9 Å². The maximum atomic E-state index is 12.4. The van der Waals surface area contributed by atoms with Crippen molar-refractivity contribution in [2.45, 2.75) is 12.8 Å². The molecule has 134 valence electrons. The number of aromatic nitrogens is 2. The molecule has 7 heteroatoms. The van der Waals surface area contributed by atoms with Gasteiger partial charge in [-0.25, -0.2) is 4.98 Å². The van der Waals surface area contributed by atoms with Crippen LogP contribution in [0, 0.1) is 0 Å². The first-order chi connectivity index (χ1) is 12.7. The minimum absolute atomic E-state index is 0.161. The van der Waals surface area contributed by atoms with E-state index >= 15 is 0 Å². The Kier molecular flexibility index (Phi) is 5.80. The fourth-order valence-electron chi connectivity index (χ4n) is 2.44. The summed E-state index contributed by atoms with van der Waals surface area (Å²) in [7, 11) is 3.13. The average molecular weight is 369 g/mol. The predicted molar refractivity (Wildman–Crippen MR) is 101 cm³/mol. The standard InChI is InChI=1S/C19H19N3O3S/c1-24-15-6-7-17(25-2)16(11-15)22-18(23)9-14-12-26-19(21-14)10-13-5-3-4-8-20-13/h3-8,11-12H,9-10H2,1-2H3,(H,22,23). The molecule has 0 radical (unpaired) electrons. The van der Waals surface area contributed by atoms with Crippen LogP contribution in [0.1, 0.15) is 16.4 Å². The number of hydrogen-bond donors (Lipinski definition) is 1. The molecule has 3 aromatic rings. The Balaban J connectivity index is 1.64. The van der Waals surface area contributed by atoms with Gasteiger partial charge in [0.15, 0.2) is 0 Å². The summed E-state index contributed by atoms with van der Waals surface area (Å²) in [6.07, 6.45) is 2.62. The summed E-state index contributed by atoms with van der Waals surface area (Å²) >= 11 is 1.53. The van der Waals surface area contributed by atoms with Gasteiger partial charge in [-0.3, -0.25) is 9.78 Å². The van der Waals surface area contributed by atoms with Crippen molar-refractivity contribution < 1.29 is 14.3 Å². The van der Waals surface area contributed by atoms with Gasteiger partial charge < -0.3 is 14.8 Å². The lowest BCUT2D eigenvalue weighted by atomic mass is 10.2.